The molecule has 0 bridgehead atoms. The molecule has 2 rings (SSSR count). The lowest BCUT2D eigenvalue weighted by molar-refractivity contribution is -0.125. The number of carbonyl (C=O) groups excluding carboxylic acids is 1. The molecule has 0 aliphatic carbocycles. The maximum Gasteiger partial charge on any atom is 0.224 e. The smallest absolute Gasteiger partial charge is 0.224 e. The Morgan fingerprint density at radius 1 is 1.32 bits per heavy atom. The topological polar surface area (TPSA) is 70.6 Å². The Morgan fingerprint density at radius 2 is 2.00 bits per heavy atom. The maximum absolute atomic E-state index is 13.5. The zero-order valence-corrected chi connectivity index (χ0v) is 13.5. The van der Waals surface area contributed by atoms with E-state index in [0.29, 0.717) is 6.54 Å². The largest absolute Gasteiger partial charge is 0.487 e. The van der Waals surface area contributed by atoms with Crippen LogP contribution in [-0.2, 0) is 4.79 Å². The van der Waals surface area contributed by atoms with Crippen LogP contribution in [0.25, 0.3) is 0 Å². The number of amides is 1. The van der Waals surface area contributed by atoms with Crippen LogP contribution in [0.2, 0.25) is 0 Å². The van der Waals surface area contributed by atoms with Crippen molar-refractivity contribution in [2.45, 2.75) is 12.8 Å². The molecule has 25 heavy (non-hydrogen) atoms. The van der Waals surface area contributed by atoms with E-state index in [9.17, 15) is 27.5 Å². The van der Waals surface area contributed by atoms with Crippen molar-refractivity contribution < 1.29 is 32.2 Å². The third-order valence-corrected chi connectivity index (χ3v) is 4.03. The molecule has 140 valence electrons. The number of aliphatic hydroxyl groups excluding tert-OH is 1. The second-order valence-corrected chi connectivity index (χ2v) is 5.95. The minimum atomic E-state index is -1.65. The van der Waals surface area contributed by atoms with Gasteiger partial charge in [-0.2, -0.15) is 8.78 Å². The minimum absolute atomic E-state index is 0.00681. The normalized spacial score (nSPS) is 18.7. The number of halogens is 4. The molecule has 1 aliphatic rings. The van der Waals surface area contributed by atoms with E-state index >= 15 is 0 Å². The van der Waals surface area contributed by atoms with E-state index in [2.05, 4.69) is 10.6 Å². The van der Waals surface area contributed by atoms with Gasteiger partial charge in [0.2, 0.25) is 17.5 Å². The van der Waals surface area contributed by atoms with Gasteiger partial charge in [0.25, 0.3) is 0 Å². The van der Waals surface area contributed by atoms with Crippen LogP contribution in [0.1, 0.15) is 12.8 Å². The number of aliphatic hydroxyl groups is 1. The summed E-state index contributed by atoms with van der Waals surface area (Å²) in [6, 6.07) is 0.0828. The molecule has 0 saturated carbocycles. The van der Waals surface area contributed by atoms with Gasteiger partial charge < -0.3 is 20.5 Å². The van der Waals surface area contributed by atoms with Gasteiger partial charge >= 0.3 is 0 Å². The number of benzene rings is 1. The first-order chi connectivity index (χ1) is 11.9. The number of ether oxygens (including phenoxy) is 1. The number of piperidine rings is 1. The van der Waals surface area contributed by atoms with E-state index in [1.165, 1.54) is 0 Å². The molecule has 1 fully saturated rings. The van der Waals surface area contributed by atoms with Crippen LogP contribution in [0.4, 0.5) is 17.6 Å². The zero-order chi connectivity index (χ0) is 18.4. The first kappa shape index (κ1) is 19.5. The molecule has 3 N–H and O–H groups in total. The fraction of sp³-hybridized carbons (Fsp3) is 0.562. The highest BCUT2D eigenvalue weighted by Gasteiger charge is 2.24. The summed E-state index contributed by atoms with van der Waals surface area (Å²) in [6.07, 6.45) is 1.63. The van der Waals surface area contributed by atoms with E-state index in [1.807, 2.05) is 0 Å². The Bertz CT molecular complexity index is 583. The summed E-state index contributed by atoms with van der Waals surface area (Å²) < 4.78 is 58.0. The molecule has 1 aliphatic heterocycles. The maximum atomic E-state index is 13.5. The molecule has 1 saturated heterocycles. The van der Waals surface area contributed by atoms with Crippen molar-refractivity contribution in [2.24, 2.45) is 11.8 Å². The van der Waals surface area contributed by atoms with E-state index in [0.717, 1.165) is 19.4 Å². The van der Waals surface area contributed by atoms with Gasteiger partial charge in [0.05, 0.1) is 19.1 Å². The van der Waals surface area contributed by atoms with Gasteiger partial charge in [-0.25, -0.2) is 8.78 Å². The molecule has 1 unspecified atom stereocenters. The summed E-state index contributed by atoms with van der Waals surface area (Å²) in [4.78, 5) is 12.0. The number of carbonyl (C=O) groups is 1. The van der Waals surface area contributed by atoms with E-state index in [4.69, 9.17) is 4.74 Å². The van der Waals surface area contributed by atoms with Crippen molar-refractivity contribution in [1.82, 2.24) is 10.6 Å². The summed E-state index contributed by atoms with van der Waals surface area (Å²) in [5.74, 6) is -8.69. The number of nitrogens with one attached hydrogen (secondary N) is 2. The molecule has 0 spiro atoms. The lowest BCUT2D eigenvalue weighted by atomic mass is 9.98. The Hall–Kier alpha value is -1.87. The molecular formula is C16H20F4N2O3. The fourth-order valence-corrected chi connectivity index (χ4v) is 2.52. The highest BCUT2D eigenvalue weighted by Crippen LogP contribution is 2.26. The third kappa shape index (κ3) is 5.05. The summed E-state index contributed by atoms with van der Waals surface area (Å²) >= 11 is 0. The quantitative estimate of drug-likeness (QED) is 0.505. The van der Waals surface area contributed by atoms with Crippen LogP contribution < -0.4 is 15.4 Å². The van der Waals surface area contributed by atoms with Gasteiger partial charge in [0, 0.05) is 25.1 Å². The Balaban J connectivity index is 1.89. The Labute approximate surface area is 142 Å². The first-order valence-corrected chi connectivity index (χ1v) is 7.99. The van der Waals surface area contributed by atoms with Gasteiger partial charge in [-0.3, -0.25) is 4.79 Å². The summed E-state index contributed by atoms with van der Waals surface area (Å²) in [5, 5.41) is 15.0. The molecular weight excluding hydrogens is 344 g/mol. The molecule has 1 aromatic carbocycles. The predicted molar refractivity (Wildman–Crippen MR) is 80.9 cm³/mol. The van der Waals surface area contributed by atoms with Crippen LogP contribution in [0.5, 0.6) is 5.75 Å². The first-order valence-electron chi connectivity index (χ1n) is 7.99. The van der Waals surface area contributed by atoms with Gasteiger partial charge in [-0.1, -0.05) is 0 Å². The molecule has 1 amide bonds. The van der Waals surface area contributed by atoms with Crippen LogP contribution in [0.15, 0.2) is 6.07 Å². The number of rotatable bonds is 7. The molecule has 1 heterocycles. The molecule has 9 heteroatoms. The molecule has 2 atom stereocenters. The van der Waals surface area contributed by atoms with Gasteiger partial charge in [-0.05, 0) is 19.4 Å². The van der Waals surface area contributed by atoms with Crippen molar-refractivity contribution in [3.05, 3.63) is 29.3 Å². The van der Waals surface area contributed by atoms with E-state index in [1.54, 1.807) is 0 Å². The molecule has 1 aromatic rings. The van der Waals surface area contributed by atoms with Gasteiger partial charge in [0.15, 0.2) is 17.4 Å². The lowest BCUT2D eigenvalue weighted by Gasteiger charge is -2.23. The summed E-state index contributed by atoms with van der Waals surface area (Å²) in [7, 11) is 0. The number of hydrogen-bond acceptors (Lipinski definition) is 4. The standard InChI is InChI=1S/C16H20F4N2O3/c17-11-4-12(18)14(20)15(13(11)19)25-8-9(7-23)5-22-16(24)10-2-1-3-21-6-10/h4,9-10,21,23H,1-3,5-8H2,(H,22,24)/t9?,10-/m0/s1. The molecule has 0 aromatic heterocycles. The molecule has 0 radical (unpaired) electrons. The van der Waals surface area contributed by atoms with E-state index in [-0.39, 0.29) is 24.4 Å². The van der Waals surface area contributed by atoms with Crippen molar-refractivity contribution in [1.29, 1.82) is 0 Å². The summed E-state index contributed by atoms with van der Waals surface area (Å²) in [6.45, 7) is 0.566. The van der Waals surface area contributed by atoms with Gasteiger partial charge in [-0.15, -0.1) is 0 Å². The van der Waals surface area contributed by atoms with Gasteiger partial charge in [0.1, 0.15) is 0 Å². The monoisotopic (exact) mass is 364 g/mol. The SMILES string of the molecule is O=C(NCC(CO)COc1c(F)c(F)cc(F)c1F)[C@H]1CCCNC1. The van der Waals surface area contributed by atoms with Crippen molar-refractivity contribution in [2.75, 3.05) is 32.8 Å². The second-order valence-electron chi connectivity index (χ2n) is 5.95. The van der Waals surface area contributed by atoms with Crippen molar-refractivity contribution >= 4 is 5.91 Å². The number of hydrogen-bond donors (Lipinski definition) is 3. The fourth-order valence-electron chi connectivity index (χ4n) is 2.52. The minimum Gasteiger partial charge on any atom is -0.487 e. The zero-order valence-electron chi connectivity index (χ0n) is 13.5. The highest BCUT2D eigenvalue weighted by molar-refractivity contribution is 5.78. The second kappa shape index (κ2) is 9.00. The molecule has 5 nitrogen and oxygen atoms in total. The predicted octanol–water partition coefficient (Wildman–Crippen LogP) is 1.35. The lowest BCUT2D eigenvalue weighted by Crippen LogP contribution is -2.43. The third-order valence-electron chi connectivity index (χ3n) is 4.03. The van der Waals surface area contributed by atoms with Crippen LogP contribution in [0.3, 0.4) is 0 Å². The highest BCUT2D eigenvalue weighted by atomic mass is 19.2. The van der Waals surface area contributed by atoms with Crippen molar-refractivity contribution in [3.63, 3.8) is 0 Å². The average molecular weight is 364 g/mol. The van der Waals surface area contributed by atoms with Crippen LogP contribution >= 0.6 is 0 Å². The Kier molecular flexibility index (Phi) is 7.01. The summed E-state index contributed by atoms with van der Waals surface area (Å²) in [5.41, 5.74) is 0. The van der Waals surface area contributed by atoms with Crippen LogP contribution in [-0.4, -0.2) is 43.9 Å². The van der Waals surface area contributed by atoms with Crippen molar-refractivity contribution in [3.8, 4) is 5.75 Å². The van der Waals surface area contributed by atoms with Crippen LogP contribution in [0, 0.1) is 35.1 Å². The average Bonchev–Trinajstić information content (AvgIpc) is 2.63. The van der Waals surface area contributed by atoms with E-state index < -0.39 is 48.2 Å². The Morgan fingerprint density at radius 3 is 2.56 bits per heavy atom.